The molecule has 1 heteroatoms. The van der Waals surface area contributed by atoms with Crippen LogP contribution < -0.4 is 0 Å². The van der Waals surface area contributed by atoms with Gasteiger partial charge in [-0.05, 0) is 13.3 Å². The zero-order chi connectivity index (χ0) is 11.9. The zero-order valence-corrected chi connectivity index (χ0v) is 11.3. The molecule has 96 valence electrons. The summed E-state index contributed by atoms with van der Waals surface area (Å²) in [6.07, 6.45) is 17.6. The van der Waals surface area contributed by atoms with Crippen LogP contribution in [0.5, 0.6) is 0 Å². The van der Waals surface area contributed by atoms with Crippen LogP contribution in [0.4, 0.5) is 0 Å². The third-order valence-electron chi connectivity index (χ3n) is 2.85. The average Bonchev–Trinajstić information content (AvgIpc) is 2.31. The summed E-state index contributed by atoms with van der Waals surface area (Å²) in [7, 11) is 0. The van der Waals surface area contributed by atoms with Crippen molar-refractivity contribution in [2.45, 2.75) is 78.1 Å². The van der Waals surface area contributed by atoms with Gasteiger partial charge in [0.15, 0.2) is 0 Å². The Hall–Kier alpha value is -0.460. The van der Waals surface area contributed by atoms with Gasteiger partial charge >= 0.3 is 0 Å². The van der Waals surface area contributed by atoms with E-state index in [-0.39, 0.29) is 0 Å². The van der Waals surface area contributed by atoms with E-state index in [9.17, 15) is 0 Å². The van der Waals surface area contributed by atoms with Gasteiger partial charge in [0.25, 0.3) is 0 Å². The molecule has 0 aliphatic carbocycles. The molecule has 0 atom stereocenters. The van der Waals surface area contributed by atoms with Gasteiger partial charge in [-0.25, -0.2) is 0 Å². The van der Waals surface area contributed by atoms with Gasteiger partial charge in [0.05, 0.1) is 12.9 Å². The molecular weight excluding hydrogens is 196 g/mol. The second-order valence-corrected chi connectivity index (χ2v) is 4.52. The van der Waals surface area contributed by atoms with Crippen LogP contribution in [-0.4, -0.2) is 6.61 Å². The minimum atomic E-state index is 0.890. The molecular formula is C15H30O. The van der Waals surface area contributed by atoms with Gasteiger partial charge in [0.1, 0.15) is 0 Å². The largest absolute Gasteiger partial charge is 0.502 e. The van der Waals surface area contributed by atoms with E-state index in [1.165, 1.54) is 64.2 Å². The summed E-state index contributed by atoms with van der Waals surface area (Å²) in [5, 5.41) is 0. The SMILES string of the molecule is CC=COCCCCCCCCCCCC. The van der Waals surface area contributed by atoms with Crippen molar-refractivity contribution < 1.29 is 4.74 Å². The second kappa shape index (κ2) is 14.5. The van der Waals surface area contributed by atoms with E-state index in [0.29, 0.717) is 0 Å². The summed E-state index contributed by atoms with van der Waals surface area (Å²) in [5.41, 5.74) is 0. The maximum Gasteiger partial charge on any atom is 0.0873 e. The van der Waals surface area contributed by atoms with Crippen molar-refractivity contribution in [1.82, 2.24) is 0 Å². The molecule has 0 saturated carbocycles. The van der Waals surface area contributed by atoms with E-state index in [2.05, 4.69) is 6.92 Å². The summed E-state index contributed by atoms with van der Waals surface area (Å²) in [5.74, 6) is 0. The molecule has 0 aliphatic heterocycles. The summed E-state index contributed by atoms with van der Waals surface area (Å²) in [4.78, 5) is 0. The molecule has 0 unspecified atom stereocenters. The molecule has 0 heterocycles. The Morgan fingerprint density at radius 2 is 1.25 bits per heavy atom. The van der Waals surface area contributed by atoms with Crippen LogP contribution in [0, 0.1) is 0 Å². The summed E-state index contributed by atoms with van der Waals surface area (Å²) in [6.45, 7) is 5.15. The fraction of sp³-hybridized carbons (Fsp3) is 0.867. The van der Waals surface area contributed by atoms with Crippen LogP contribution in [0.2, 0.25) is 0 Å². The van der Waals surface area contributed by atoms with Crippen LogP contribution in [0.25, 0.3) is 0 Å². The van der Waals surface area contributed by atoms with Gasteiger partial charge < -0.3 is 4.74 Å². The van der Waals surface area contributed by atoms with Crippen molar-refractivity contribution in [1.29, 1.82) is 0 Å². The first kappa shape index (κ1) is 15.5. The molecule has 0 rings (SSSR count). The lowest BCUT2D eigenvalue weighted by atomic mass is 10.1. The molecule has 0 bridgehead atoms. The topological polar surface area (TPSA) is 9.23 Å². The fourth-order valence-electron chi connectivity index (χ4n) is 1.84. The molecule has 0 spiro atoms. The highest BCUT2D eigenvalue weighted by atomic mass is 16.5. The second-order valence-electron chi connectivity index (χ2n) is 4.52. The molecule has 0 radical (unpaired) electrons. The van der Waals surface area contributed by atoms with E-state index in [4.69, 9.17) is 4.74 Å². The number of hydrogen-bond acceptors (Lipinski definition) is 1. The molecule has 0 aromatic rings. The van der Waals surface area contributed by atoms with E-state index in [1.807, 2.05) is 13.0 Å². The Balaban J connectivity index is 2.88. The van der Waals surface area contributed by atoms with Crippen molar-refractivity contribution in [3.63, 3.8) is 0 Å². The monoisotopic (exact) mass is 226 g/mol. The lowest BCUT2D eigenvalue weighted by molar-refractivity contribution is 0.240. The van der Waals surface area contributed by atoms with Gasteiger partial charge in [-0.2, -0.15) is 0 Å². The standard InChI is InChI=1S/C15H30O/c1-3-5-6-7-8-9-10-11-12-13-15-16-14-4-2/h4,14H,3,5-13,15H2,1-2H3. The first-order chi connectivity index (χ1) is 7.91. The summed E-state index contributed by atoms with van der Waals surface area (Å²) < 4.78 is 5.27. The molecule has 0 N–H and O–H groups in total. The van der Waals surface area contributed by atoms with E-state index in [0.717, 1.165) is 6.61 Å². The first-order valence-corrected chi connectivity index (χ1v) is 7.14. The molecule has 1 nitrogen and oxygen atoms in total. The van der Waals surface area contributed by atoms with Gasteiger partial charge in [-0.15, -0.1) is 0 Å². The Morgan fingerprint density at radius 1 is 0.750 bits per heavy atom. The normalized spacial score (nSPS) is 11.1. The fourth-order valence-corrected chi connectivity index (χ4v) is 1.84. The molecule has 16 heavy (non-hydrogen) atoms. The van der Waals surface area contributed by atoms with Crippen LogP contribution in [0.1, 0.15) is 78.1 Å². The lowest BCUT2D eigenvalue weighted by Gasteiger charge is -2.02. The number of unbranched alkanes of at least 4 members (excludes halogenated alkanes) is 9. The predicted octanol–water partition coefficient (Wildman–Crippen LogP) is 5.46. The van der Waals surface area contributed by atoms with Gasteiger partial charge in [0, 0.05) is 0 Å². The van der Waals surface area contributed by atoms with Crippen LogP contribution in [-0.2, 0) is 4.74 Å². The van der Waals surface area contributed by atoms with Gasteiger partial charge in [-0.1, -0.05) is 70.8 Å². The van der Waals surface area contributed by atoms with Gasteiger partial charge in [0.2, 0.25) is 0 Å². The summed E-state index contributed by atoms with van der Waals surface area (Å²) in [6, 6.07) is 0. The molecule has 0 aromatic carbocycles. The van der Waals surface area contributed by atoms with E-state index >= 15 is 0 Å². The Bertz CT molecular complexity index is 140. The highest BCUT2D eigenvalue weighted by Gasteiger charge is 1.92. The van der Waals surface area contributed by atoms with E-state index in [1.54, 1.807) is 6.26 Å². The highest BCUT2D eigenvalue weighted by molar-refractivity contribution is 4.64. The summed E-state index contributed by atoms with van der Waals surface area (Å²) >= 11 is 0. The molecule has 0 saturated heterocycles. The number of ether oxygens (including phenoxy) is 1. The number of rotatable bonds is 12. The number of hydrogen-bond donors (Lipinski definition) is 0. The lowest BCUT2D eigenvalue weighted by Crippen LogP contribution is -1.88. The third-order valence-corrected chi connectivity index (χ3v) is 2.85. The predicted molar refractivity (Wildman–Crippen MR) is 72.6 cm³/mol. The van der Waals surface area contributed by atoms with Crippen molar-refractivity contribution in [2.24, 2.45) is 0 Å². The minimum Gasteiger partial charge on any atom is -0.502 e. The maximum absolute atomic E-state index is 5.27. The molecule has 0 aliphatic rings. The maximum atomic E-state index is 5.27. The van der Waals surface area contributed by atoms with E-state index < -0.39 is 0 Å². The smallest absolute Gasteiger partial charge is 0.0873 e. The van der Waals surface area contributed by atoms with Crippen LogP contribution in [0.15, 0.2) is 12.3 Å². The van der Waals surface area contributed by atoms with Gasteiger partial charge in [-0.3, -0.25) is 0 Å². The Kier molecular flexibility index (Phi) is 14.1. The molecule has 0 fully saturated rings. The first-order valence-electron chi connectivity index (χ1n) is 7.14. The van der Waals surface area contributed by atoms with Crippen molar-refractivity contribution >= 4 is 0 Å². The van der Waals surface area contributed by atoms with Crippen molar-refractivity contribution in [3.8, 4) is 0 Å². The zero-order valence-electron chi connectivity index (χ0n) is 11.3. The Morgan fingerprint density at radius 3 is 1.75 bits per heavy atom. The van der Waals surface area contributed by atoms with Crippen molar-refractivity contribution in [2.75, 3.05) is 6.61 Å². The van der Waals surface area contributed by atoms with Crippen molar-refractivity contribution in [3.05, 3.63) is 12.3 Å². The van der Waals surface area contributed by atoms with Crippen LogP contribution >= 0.6 is 0 Å². The average molecular weight is 226 g/mol. The van der Waals surface area contributed by atoms with Crippen LogP contribution in [0.3, 0.4) is 0 Å². The molecule has 0 aromatic heterocycles. The number of allylic oxidation sites excluding steroid dienone is 1. The third kappa shape index (κ3) is 13.5. The molecule has 0 amide bonds. The highest BCUT2D eigenvalue weighted by Crippen LogP contribution is 2.10. The Labute approximate surface area is 102 Å². The quantitative estimate of drug-likeness (QED) is 0.317. The minimum absolute atomic E-state index is 0.890.